The first-order chi connectivity index (χ1) is 10.8. The van der Waals surface area contributed by atoms with Crippen molar-refractivity contribution in [2.45, 2.75) is 40.2 Å². The van der Waals surface area contributed by atoms with Gasteiger partial charge in [0.1, 0.15) is 17.1 Å². The highest BCUT2D eigenvalue weighted by atomic mass is 16.5. The molecule has 6 heteroatoms. The van der Waals surface area contributed by atoms with E-state index in [0.717, 1.165) is 43.4 Å². The van der Waals surface area contributed by atoms with Crippen molar-refractivity contribution in [1.29, 1.82) is 0 Å². The number of guanidine groups is 1. The largest absolute Gasteiger partial charge is 0.466 e. The molecular formula is C17H29N3O3. The minimum atomic E-state index is -1.06. The van der Waals surface area contributed by atoms with Crippen LogP contribution < -0.4 is 10.6 Å². The number of aryl methyl sites for hydroxylation is 2. The maximum atomic E-state index is 10.7. The number of ether oxygens (including phenoxy) is 1. The van der Waals surface area contributed by atoms with Crippen LogP contribution in [0.2, 0.25) is 0 Å². The highest BCUT2D eigenvalue weighted by Crippen LogP contribution is 2.27. The molecule has 1 aromatic heterocycles. The number of nitrogens with zero attached hydrogens (tertiary/aromatic N) is 1. The summed E-state index contributed by atoms with van der Waals surface area (Å²) >= 11 is 0. The van der Waals surface area contributed by atoms with Gasteiger partial charge in [0.25, 0.3) is 0 Å². The van der Waals surface area contributed by atoms with Crippen LogP contribution in [0.5, 0.6) is 0 Å². The van der Waals surface area contributed by atoms with E-state index in [1.165, 1.54) is 0 Å². The number of aliphatic imine (C=N–C) groups is 1. The molecule has 0 amide bonds. The van der Waals surface area contributed by atoms with Gasteiger partial charge >= 0.3 is 0 Å². The lowest BCUT2D eigenvalue weighted by Crippen LogP contribution is -2.51. The minimum absolute atomic E-state index is 0.164. The number of aliphatic hydroxyl groups is 1. The second kappa shape index (κ2) is 6.93. The second-order valence-electron chi connectivity index (χ2n) is 6.95. The normalized spacial score (nSPS) is 19.8. The fourth-order valence-corrected chi connectivity index (χ4v) is 2.68. The summed E-state index contributed by atoms with van der Waals surface area (Å²) < 4.78 is 10.8. The van der Waals surface area contributed by atoms with Crippen molar-refractivity contribution < 1.29 is 14.3 Å². The molecule has 1 fully saturated rings. The zero-order valence-electron chi connectivity index (χ0n) is 14.8. The quantitative estimate of drug-likeness (QED) is 0.548. The average molecular weight is 323 g/mol. The van der Waals surface area contributed by atoms with Crippen LogP contribution in [0, 0.1) is 19.3 Å². The maximum Gasteiger partial charge on any atom is 0.191 e. The van der Waals surface area contributed by atoms with Crippen LogP contribution in [0.1, 0.15) is 37.9 Å². The molecule has 1 atom stereocenters. The Morgan fingerprint density at radius 3 is 2.57 bits per heavy atom. The van der Waals surface area contributed by atoms with E-state index in [-0.39, 0.29) is 12.0 Å². The molecule has 2 rings (SSSR count). The van der Waals surface area contributed by atoms with Gasteiger partial charge in [-0.3, -0.25) is 0 Å². The first-order valence-electron chi connectivity index (χ1n) is 8.15. The number of hydrogen-bond acceptors (Lipinski definition) is 4. The van der Waals surface area contributed by atoms with Gasteiger partial charge in [0.2, 0.25) is 0 Å². The molecule has 3 N–H and O–H groups in total. The molecule has 0 aromatic carbocycles. The van der Waals surface area contributed by atoms with E-state index in [1.807, 2.05) is 26.8 Å². The van der Waals surface area contributed by atoms with E-state index in [2.05, 4.69) is 22.5 Å². The Morgan fingerprint density at radius 2 is 2.09 bits per heavy atom. The summed E-state index contributed by atoms with van der Waals surface area (Å²) in [6.07, 6.45) is 0. The van der Waals surface area contributed by atoms with Crippen molar-refractivity contribution in [3.8, 4) is 0 Å². The first-order valence-corrected chi connectivity index (χ1v) is 8.15. The SMILES string of the molecule is CCNC(=NCC(C)(O)c1cc(C)oc1C)NCC1(C)COC1. The summed E-state index contributed by atoms with van der Waals surface area (Å²) in [7, 11) is 0. The van der Waals surface area contributed by atoms with Gasteiger partial charge < -0.3 is 24.9 Å². The Morgan fingerprint density at radius 1 is 1.39 bits per heavy atom. The van der Waals surface area contributed by atoms with Crippen molar-refractivity contribution in [2.24, 2.45) is 10.4 Å². The molecule has 0 saturated carbocycles. The van der Waals surface area contributed by atoms with Crippen molar-refractivity contribution in [1.82, 2.24) is 10.6 Å². The zero-order chi connectivity index (χ0) is 17.1. The minimum Gasteiger partial charge on any atom is -0.466 e. The fraction of sp³-hybridized carbons (Fsp3) is 0.706. The van der Waals surface area contributed by atoms with Crippen LogP contribution in [0.3, 0.4) is 0 Å². The molecule has 0 radical (unpaired) electrons. The maximum absolute atomic E-state index is 10.7. The number of hydrogen-bond donors (Lipinski definition) is 3. The first kappa shape index (κ1) is 17.8. The summed E-state index contributed by atoms with van der Waals surface area (Å²) in [5, 5.41) is 17.3. The van der Waals surface area contributed by atoms with Crippen LogP contribution in [0.15, 0.2) is 15.5 Å². The monoisotopic (exact) mass is 323 g/mol. The molecule has 1 aromatic rings. The van der Waals surface area contributed by atoms with Crippen molar-refractivity contribution >= 4 is 5.96 Å². The van der Waals surface area contributed by atoms with Crippen LogP contribution in [-0.2, 0) is 10.3 Å². The number of nitrogens with one attached hydrogen (secondary N) is 2. The lowest BCUT2D eigenvalue weighted by atomic mass is 9.89. The summed E-state index contributed by atoms with van der Waals surface area (Å²) in [6.45, 7) is 13.1. The summed E-state index contributed by atoms with van der Waals surface area (Å²) in [5.41, 5.74) is -0.112. The van der Waals surface area contributed by atoms with Crippen LogP contribution >= 0.6 is 0 Å². The van der Waals surface area contributed by atoms with E-state index < -0.39 is 5.60 Å². The third kappa shape index (κ3) is 4.48. The molecule has 1 saturated heterocycles. The highest BCUT2D eigenvalue weighted by Gasteiger charge is 2.33. The van der Waals surface area contributed by atoms with Gasteiger partial charge in [-0.05, 0) is 33.8 Å². The molecule has 2 heterocycles. The van der Waals surface area contributed by atoms with Crippen molar-refractivity contribution in [3.05, 3.63) is 23.2 Å². The Bertz CT molecular complexity index is 559. The third-order valence-corrected chi connectivity index (χ3v) is 4.09. The molecule has 0 spiro atoms. The molecule has 1 unspecified atom stereocenters. The van der Waals surface area contributed by atoms with Crippen LogP contribution in [0.4, 0.5) is 0 Å². The number of furan rings is 1. The van der Waals surface area contributed by atoms with Crippen molar-refractivity contribution in [2.75, 3.05) is 32.8 Å². The molecule has 23 heavy (non-hydrogen) atoms. The topological polar surface area (TPSA) is 79.0 Å². The van der Waals surface area contributed by atoms with E-state index >= 15 is 0 Å². The van der Waals surface area contributed by atoms with Gasteiger partial charge in [-0.25, -0.2) is 4.99 Å². The molecule has 1 aliphatic rings. The lowest BCUT2D eigenvalue weighted by molar-refractivity contribution is -0.0971. The molecule has 0 aliphatic carbocycles. The Labute approximate surface area is 138 Å². The van der Waals surface area contributed by atoms with E-state index in [1.54, 1.807) is 6.92 Å². The van der Waals surface area contributed by atoms with Gasteiger partial charge in [0, 0.05) is 24.1 Å². The zero-order valence-corrected chi connectivity index (χ0v) is 14.8. The van der Waals surface area contributed by atoms with Gasteiger partial charge in [0.15, 0.2) is 5.96 Å². The lowest BCUT2D eigenvalue weighted by Gasteiger charge is -2.38. The third-order valence-electron chi connectivity index (χ3n) is 4.09. The predicted molar refractivity (Wildman–Crippen MR) is 90.7 cm³/mol. The van der Waals surface area contributed by atoms with Crippen molar-refractivity contribution in [3.63, 3.8) is 0 Å². The summed E-state index contributed by atoms with van der Waals surface area (Å²) in [4.78, 5) is 4.54. The predicted octanol–water partition coefficient (Wildman–Crippen LogP) is 1.70. The summed E-state index contributed by atoms with van der Waals surface area (Å²) in [6, 6.07) is 1.87. The Kier molecular flexibility index (Phi) is 5.37. The molecule has 130 valence electrons. The number of rotatable bonds is 6. The molecular weight excluding hydrogens is 294 g/mol. The van der Waals surface area contributed by atoms with Gasteiger partial charge in [0.05, 0.1) is 19.8 Å². The van der Waals surface area contributed by atoms with Gasteiger partial charge in [-0.2, -0.15) is 0 Å². The van der Waals surface area contributed by atoms with Crippen LogP contribution in [0.25, 0.3) is 0 Å². The fourth-order valence-electron chi connectivity index (χ4n) is 2.68. The average Bonchev–Trinajstić information content (AvgIpc) is 2.79. The summed E-state index contributed by atoms with van der Waals surface area (Å²) in [5.74, 6) is 2.24. The van der Waals surface area contributed by atoms with E-state index in [9.17, 15) is 5.11 Å². The second-order valence-corrected chi connectivity index (χ2v) is 6.95. The smallest absolute Gasteiger partial charge is 0.191 e. The Hall–Kier alpha value is -1.53. The highest BCUT2D eigenvalue weighted by molar-refractivity contribution is 5.79. The molecule has 1 aliphatic heterocycles. The standard InChI is InChI=1S/C17H29N3O3/c1-6-18-15(19-8-16(4)10-22-11-16)20-9-17(5,21)14-7-12(2)23-13(14)3/h7,21H,6,8-11H2,1-5H3,(H2,18,19,20). The van der Waals surface area contributed by atoms with Gasteiger partial charge in [-0.1, -0.05) is 6.92 Å². The Balaban J connectivity index is 2.02. The van der Waals surface area contributed by atoms with Crippen LogP contribution in [-0.4, -0.2) is 43.9 Å². The van der Waals surface area contributed by atoms with Gasteiger partial charge in [-0.15, -0.1) is 0 Å². The van der Waals surface area contributed by atoms with E-state index in [4.69, 9.17) is 9.15 Å². The molecule has 0 bridgehead atoms. The molecule has 6 nitrogen and oxygen atoms in total. The van der Waals surface area contributed by atoms with E-state index in [0.29, 0.717) is 5.96 Å².